The lowest BCUT2D eigenvalue weighted by Gasteiger charge is -1.99. The summed E-state index contributed by atoms with van der Waals surface area (Å²) in [5, 5.41) is 11.1. The fourth-order valence-corrected chi connectivity index (χ4v) is 3.34. The van der Waals surface area contributed by atoms with Crippen LogP contribution in [0.1, 0.15) is 17.4 Å². The second kappa shape index (κ2) is 5.50. The normalized spacial score (nSPS) is 10.5. The maximum atomic E-state index is 11.9. The van der Waals surface area contributed by atoms with Gasteiger partial charge < -0.3 is 5.11 Å². The lowest BCUT2D eigenvalue weighted by Crippen LogP contribution is -2.36. The molecule has 0 saturated heterocycles. The highest BCUT2D eigenvalue weighted by Gasteiger charge is 2.32. The first-order chi connectivity index (χ1) is 10.2. The number of carbonyl (C=O) groups is 1. The van der Waals surface area contributed by atoms with Crippen LogP contribution in [-0.2, 0) is 0 Å². The van der Waals surface area contributed by atoms with Crippen molar-refractivity contribution in [2.45, 2.75) is 6.92 Å². The molecule has 0 saturated carbocycles. The molecule has 1 heterocycles. The number of hydrogen-bond donors (Lipinski definition) is 1. The van der Waals surface area contributed by atoms with Gasteiger partial charge in [0.05, 0.1) is 5.56 Å². The van der Waals surface area contributed by atoms with Crippen LogP contribution < -0.4 is 4.57 Å². The third-order valence-electron chi connectivity index (χ3n) is 3.19. The SMILES string of the molecule is CC(=O)c1c(O)sc(-c2ccccc2)[n+]1-c1ccccc1. The largest absolute Gasteiger partial charge is 0.495 e. The quantitative estimate of drug-likeness (QED) is 0.592. The number of rotatable bonds is 3. The lowest BCUT2D eigenvalue weighted by molar-refractivity contribution is -0.581. The number of hydrogen-bond acceptors (Lipinski definition) is 3. The Bertz CT molecular complexity index is 779. The summed E-state index contributed by atoms with van der Waals surface area (Å²) in [5.41, 5.74) is 2.15. The van der Waals surface area contributed by atoms with Crippen LogP contribution in [0, 0.1) is 0 Å². The number of Topliss-reactive ketones (excluding diaryl/α,β-unsaturated/α-hetero) is 1. The van der Waals surface area contributed by atoms with Crippen LogP contribution in [0.5, 0.6) is 5.06 Å². The molecular formula is C17H14NO2S+. The molecule has 0 fully saturated rings. The van der Waals surface area contributed by atoms with Gasteiger partial charge in [-0.1, -0.05) is 36.4 Å². The van der Waals surface area contributed by atoms with Crippen LogP contribution in [0.4, 0.5) is 0 Å². The van der Waals surface area contributed by atoms with Crippen molar-refractivity contribution in [3.8, 4) is 21.3 Å². The van der Waals surface area contributed by atoms with Gasteiger partial charge in [0.25, 0.3) is 10.1 Å². The highest BCUT2D eigenvalue weighted by Crippen LogP contribution is 2.33. The molecule has 0 unspecified atom stereocenters. The van der Waals surface area contributed by atoms with E-state index in [0.29, 0.717) is 5.69 Å². The predicted octanol–water partition coefficient (Wildman–Crippen LogP) is 3.60. The number of para-hydroxylation sites is 1. The highest BCUT2D eigenvalue weighted by molar-refractivity contribution is 7.16. The van der Waals surface area contributed by atoms with Crippen LogP contribution in [0.25, 0.3) is 16.3 Å². The second-order valence-electron chi connectivity index (χ2n) is 4.65. The van der Waals surface area contributed by atoms with E-state index in [2.05, 4.69) is 0 Å². The molecule has 0 amide bonds. The van der Waals surface area contributed by atoms with Crippen molar-refractivity contribution in [2.24, 2.45) is 0 Å². The summed E-state index contributed by atoms with van der Waals surface area (Å²) in [5.74, 6) is -0.158. The molecule has 0 radical (unpaired) electrons. The Hall–Kier alpha value is -2.46. The average Bonchev–Trinajstić information content (AvgIpc) is 2.86. The zero-order valence-corrected chi connectivity index (χ0v) is 12.3. The van der Waals surface area contributed by atoms with Crippen molar-refractivity contribution in [3.05, 3.63) is 66.4 Å². The van der Waals surface area contributed by atoms with Crippen LogP contribution in [0.3, 0.4) is 0 Å². The molecule has 21 heavy (non-hydrogen) atoms. The van der Waals surface area contributed by atoms with Gasteiger partial charge in [-0.3, -0.25) is 4.79 Å². The molecule has 4 heteroatoms. The van der Waals surface area contributed by atoms with E-state index in [4.69, 9.17) is 0 Å². The number of ketones is 1. The minimum atomic E-state index is -0.158. The van der Waals surface area contributed by atoms with Gasteiger partial charge in [-0.2, -0.15) is 0 Å². The van der Waals surface area contributed by atoms with E-state index in [-0.39, 0.29) is 10.8 Å². The first-order valence-electron chi connectivity index (χ1n) is 6.58. The smallest absolute Gasteiger partial charge is 0.308 e. The van der Waals surface area contributed by atoms with E-state index in [1.54, 1.807) is 0 Å². The third-order valence-corrected chi connectivity index (χ3v) is 4.19. The Morgan fingerprint density at radius 2 is 1.57 bits per heavy atom. The van der Waals surface area contributed by atoms with Gasteiger partial charge in [-0.05, 0) is 23.5 Å². The predicted molar refractivity (Wildman–Crippen MR) is 83.0 cm³/mol. The lowest BCUT2D eigenvalue weighted by atomic mass is 10.2. The molecule has 1 aromatic heterocycles. The Balaban J connectivity index is 2.32. The summed E-state index contributed by atoms with van der Waals surface area (Å²) in [7, 11) is 0. The Labute approximate surface area is 126 Å². The van der Waals surface area contributed by atoms with Crippen molar-refractivity contribution in [2.75, 3.05) is 0 Å². The summed E-state index contributed by atoms with van der Waals surface area (Å²) >= 11 is 1.21. The molecule has 3 aromatic rings. The van der Waals surface area contributed by atoms with Crippen LogP contribution >= 0.6 is 11.3 Å². The first kappa shape index (κ1) is 13.5. The summed E-state index contributed by atoms with van der Waals surface area (Å²) < 4.78 is 1.82. The minimum absolute atomic E-state index is 0.0465. The highest BCUT2D eigenvalue weighted by atomic mass is 32.1. The Kier molecular flexibility index (Phi) is 3.54. The average molecular weight is 296 g/mol. The molecular weight excluding hydrogens is 282 g/mol. The zero-order chi connectivity index (χ0) is 14.8. The number of nitrogens with zero attached hydrogens (tertiary/aromatic N) is 1. The zero-order valence-electron chi connectivity index (χ0n) is 11.5. The Morgan fingerprint density at radius 3 is 2.14 bits per heavy atom. The monoisotopic (exact) mass is 296 g/mol. The molecule has 0 bridgehead atoms. The summed E-state index contributed by atoms with van der Waals surface area (Å²) in [6, 6.07) is 19.3. The van der Waals surface area contributed by atoms with E-state index < -0.39 is 0 Å². The number of benzene rings is 2. The maximum Gasteiger partial charge on any atom is 0.308 e. The number of thiazole rings is 1. The van der Waals surface area contributed by atoms with Crippen molar-refractivity contribution in [1.29, 1.82) is 0 Å². The third kappa shape index (κ3) is 2.45. The summed E-state index contributed by atoms with van der Waals surface area (Å²) in [4.78, 5) is 11.9. The van der Waals surface area contributed by atoms with Gasteiger partial charge in [0.15, 0.2) is 0 Å². The van der Waals surface area contributed by atoms with Crippen molar-refractivity contribution in [1.82, 2.24) is 0 Å². The van der Waals surface area contributed by atoms with Gasteiger partial charge in [0, 0.05) is 19.1 Å². The van der Waals surface area contributed by atoms with E-state index in [1.165, 1.54) is 18.3 Å². The number of aromatic hydroxyl groups is 1. The van der Waals surface area contributed by atoms with Crippen LogP contribution in [-0.4, -0.2) is 10.9 Å². The molecule has 0 aliphatic heterocycles. The topological polar surface area (TPSA) is 41.2 Å². The molecule has 3 rings (SSSR count). The molecule has 0 aliphatic carbocycles. The molecule has 0 atom stereocenters. The van der Waals surface area contributed by atoms with Crippen molar-refractivity contribution in [3.63, 3.8) is 0 Å². The van der Waals surface area contributed by atoms with Gasteiger partial charge >= 0.3 is 5.69 Å². The molecule has 0 spiro atoms. The first-order valence-corrected chi connectivity index (χ1v) is 7.39. The molecule has 2 aromatic carbocycles. The molecule has 3 nitrogen and oxygen atoms in total. The minimum Gasteiger partial charge on any atom is -0.495 e. The second-order valence-corrected chi connectivity index (χ2v) is 5.63. The standard InChI is InChI=1S/C17H13NO2S/c1-12(19)15-17(20)21-16(13-8-4-2-5-9-13)18(15)14-10-6-3-7-11-14/h2-11H,1H3/p+1. The van der Waals surface area contributed by atoms with Crippen molar-refractivity contribution >= 4 is 17.1 Å². The molecule has 104 valence electrons. The van der Waals surface area contributed by atoms with Crippen LogP contribution in [0.2, 0.25) is 0 Å². The molecule has 0 aliphatic rings. The number of aromatic nitrogens is 1. The van der Waals surface area contributed by atoms with Gasteiger partial charge in [-0.25, -0.2) is 0 Å². The van der Waals surface area contributed by atoms with E-state index in [0.717, 1.165) is 16.3 Å². The van der Waals surface area contributed by atoms with E-state index >= 15 is 0 Å². The van der Waals surface area contributed by atoms with Crippen LogP contribution in [0.15, 0.2) is 60.7 Å². The van der Waals surface area contributed by atoms with Gasteiger partial charge in [0.2, 0.25) is 11.5 Å². The fourth-order valence-electron chi connectivity index (χ4n) is 2.28. The van der Waals surface area contributed by atoms with Gasteiger partial charge in [0.1, 0.15) is 0 Å². The fraction of sp³-hybridized carbons (Fsp3) is 0.0588. The molecule has 1 N–H and O–H groups in total. The Morgan fingerprint density at radius 1 is 1.00 bits per heavy atom. The van der Waals surface area contributed by atoms with E-state index in [9.17, 15) is 9.90 Å². The summed E-state index contributed by atoms with van der Waals surface area (Å²) in [6.45, 7) is 1.47. The van der Waals surface area contributed by atoms with Crippen molar-refractivity contribution < 1.29 is 14.5 Å². The summed E-state index contributed by atoms with van der Waals surface area (Å²) in [6.07, 6.45) is 0. The number of carbonyl (C=O) groups excluding carboxylic acids is 1. The maximum absolute atomic E-state index is 11.9. The van der Waals surface area contributed by atoms with Gasteiger partial charge in [-0.15, -0.1) is 4.57 Å². The van der Waals surface area contributed by atoms with E-state index in [1.807, 2.05) is 65.2 Å².